The Kier molecular flexibility index (Phi) is 3.46. The highest BCUT2D eigenvalue weighted by Crippen LogP contribution is 2.27. The molecule has 4 heteroatoms. The molecule has 2 nitrogen and oxygen atoms in total. The van der Waals surface area contributed by atoms with E-state index < -0.39 is 0 Å². The quantitative estimate of drug-likeness (QED) is 0.882. The summed E-state index contributed by atoms with van der Waals surface area (Å²) in [5, 5.41) is 4.23. The van der Waals surface area contributed by atoms with Crippen LogP contribution in [-0.4, -0.2) is 4.98 Å². The van der Waals surface area contributed by atoms with Gasteiger partial charge in [-0.1, -0.05) is 17.7 Å². The Bertz CT molecular complexity index is 468. The van der Waals surface area contributed by atoms with E-state index >= 15 is 0 Å². The van der Waals surface area contributed by atoms with E-state index in [9.17, 15) is 0 Å². The van der Waals surface area contributed by atoms with Crippen LogP contribution in [-0.2, 0) is 0 Å². The summed E-state index contributed by atoms with van der Waals surface area (Å²) in [6, 6.07) is 6.15. The lowest BCUT2D eigenvalue weighted by molar-refractivity contribution is 0.901. The summed E-state index contributed by atoms with van der Waals surface area (Å²) < 4.78 is 0. The van der Waals surface area contributed by atoms with Crippen LogP contribution in [0.2, 0.25) is 5.02 Å². The standard InChI is InChI=1S/C12H13ClN2S/c1-8-10(13)4-3-5-11(8)15-9(2)12-6-14-7-16-12/h3-7,9,15H,1-2H3. The zero-order valence-electron chi connectivity index (χ0n) is 9.20. The molecule has 0 amide bonds. The average molecular weight is 253 g/mol. The van der Waals surface area contributed by atoms with Crippen LogP contribution in [0.4, 0.5) is 5.69 Å². The number of benzene rings is 1. The van der Waals surface area contributed by atoms with E-state index in [2.05, 4.69) is 17.2 Å². The number of thiazole rings is 1. The summed E-state index contributed by atoms with van der Waals surface area (Å²) in [5.41, 5.74) is 4.01. The number of anilines is 1. The zero-order chi connectivity index (χ0) is 11.5. The second kappa shape index (κ2) is 4.85. The van der Waals surface area contributed by atoms with Crippen LogP contribution in [0.15, 0.2) is 29.9 Å². The largest absolute Gasteiger partial charge is 0.377 e. The summed E-state index contributed by atoms with van der Waals surface area (Å²) in [7, 11) is 0. The molecule has 0 fully saturated rings. The van der Waals surface area contributed by atoms with Gasteiger partial charge in [0, 0.05) is 21.8 Å². The molecule has 0 aliphatic heterocycles. The number of aromatic nitrogens is 1. The van der Waals surface area contributed by atoms with E-state index in [1.54, 1.807) is 11.3 Å². The third-order valence-electron chi connectivity index (χ3n) is 2.52. The van der Waals surface area contributed by atoms with Crippen molar-refractivity contribution in [3.63, 3.8) is 0 Å². The van der Waals surface area contributed by atoms with Crippen molar-refractivity contribution >= 4 is 28.6 Å². The lowest BCUT2D eigenvalue weighted by atomic mass is 10.2. The molecule has 0 aliphatic carbocycles. The van der Waals surface area contributed by atoms with E-state index in [-0.39, 0.29) is 6.04 Å². The highest BCUT2D eigenvalue weighted by Gasteiger charge is 2.09. The molecule has 0 saturated heterocycles. The third-order valence-corrected chi connectivity index (χ3v) is 3.89. The molecule has 1 N–H and O–H groups in total. The van der Waals surface area contributed by atoms with Gasteiger partial charge < -0.3 is 5.32 Å². The predicted octanol–water partition coefficient (Wildman–Crippen LogP) is 4.28. The molecule has 84 valence electrons. The molecule has 2 aromatic rings. The number of nitrogens with zero attached hydrogens (tertiary/aromatic N) is 1. The molecule has 1 unspecified atom stereocenters. The van der Waals surface area contributed by atoms with Crippen LogP contribution in [0.25, 0.3) is 0 Å². The van der Waals surface area contributed by atoms with E-state index in [4.69, 9.17) is 11.6 Å². The second-order valence-corrected chi connectivity index (χ2v) is 5.01. The summed E-state index contributed by atoms with van der Waals surface area (Å²) in [4.78, 5) is 5.30. The SMILES string of the molecule is Cc1c(Cl)cccc1NC(C)c1cncs1. The van der Waals surface area contributed by atoms with Crippen molar-refractivity contribution in [2.45, 2.75) is 19.9 Å². The van der Waals surface area contributed by atoms with Crippen LogP contribution in [0.1, 0.15) is 23.4 Å². The summed E-state index contributed by atoms with van der Waals surface area (Å²) in [6.07, 6.45) is 1.89. The predicted molar refractivity (Wildman–Crippen MR) is 70.3 cm³/mol. The fourth-order valence-corrected chi connectivity index (χ4v) is 2.31. The number of rotatable bonds is 3. The van der Waals surface area contributed by atoms with Gasteiger partial charge in [0.05, 0.1) is 11.6 Å². The minimum absolute atomic E-state index is 0.254. The molecular formula is C12H13ClN2S. The van der Waals surface area contributed by atoms with Gasteiger partial charge in [0.15, 0.2) is 0 Å². The maximum atomic E-state index is 6.07. The molecule has 2 rings (SSSR count). The lowest BCUT2D eigenvalue weighted by Gasteiger charge is -2.15. The molecule has 0 saturated carbocycles. The van der Waals surface area contributed by atoms with Gasteiger partial charge in [-0.3, -0.25) is 4.98 Å². The van der Waals surface area contributed by atoms with Crippen molar-refractivity contribution in [3.05, 3.63) is 45.4 Å². The third kappa shape index (κ3) is 2.36. The monoisotopic (exact) mass is 252 g/mol. The van der Waals surface area contributed by atoms with Gasteiger partial charge in [-0.2, -0.15) is 0 Å². The van der Waals surface area contributed by atoms with Crippen molar-refractivity contribution in [2.75, 3.05) is 5.32 Å². The van der Waals surface area contributed by atoms with E-state index in [0.29, 0.717) is 0 Å². The summed E-state index contributed by atoms with van der Waals surface area (Å²) in [6.45, 7) is 4.14. The minimum Gasteiger partial charge on any atom is -0.377 e. The Morgan fingerprint density at radius 2 is 2.25 bits per heavy atom. The van der Waals surface area contributed by atoms with Crippen LogP contribution in [0, 0.1) is 6.92 Å². The Morgan fingerprint density at radius 1 is 1.44 bits per heavy atom. The summed E-state index contributed by atoms with van der Waals surface area (Å²) >= 11 is 7.73. The van der Waals surface area contributed by atoms with Gasteiger partial charge in [0.25, 0.3) is 0 Å². The van der Waals surface area contributed by atoms with E-state index in [1.165, 1.54) is 4.88 Å². The van der Waals surface area contributed by atoms with Gasteiger partial charge in [-0.15, -0.1) is 11.3 Å². The van der Waals surface area contributed by atoms with Crippen molar-refractivity contribution in [1.29, 1.82) is 0 Å². The lowest BCUT2D eigenvalue weighted by Crippen LogP contribution is -2.06. The van der Waals surface area contributed by atoms with Gasteiger partial charge >= 0.3 is 0 Å². The van der Waals surface area contributed by atoms with Crippen LogP contribution >= 0.6 is 22.9 Å². The first-order chi connectivity index (χ1) is 7.68. The highest BCUT2D eigenvalue weighted by atomic mass is 35.5. The molecule has 1 aromatic carbocycles. The molecule has 1 heterocycles. The van der Waals surface area contributed by atoms with E-state index in [1.807, 2.05) is 36.8 Å². The Hall–Kier alpha value is -1.06. The fourth-order valence-electron chi connectivity index (χ4n) is 1.51. The van der Waals surface area contributed by atoms with Gasteiger partial charge in [-0.25, -0.2) is 0 Å². The molecule has 1 atom stereocenters. The molecule has 1 aromatic heterocycles. The van der Waals surface area contributed by atoms with Crippen molar-refractivity contribution < 1.29 is 0 Å². The van der Waals surface area contributed by atoms with E-state index in [0.717, 1.165) is 16.3 Å². The molecule has 0 spiro atoms. The van der Waals surface area contributed by atoms with Crippen molar-refractivity contribution in [1.82, 2.24) is 4.98 Å². The first kappa shape index (κ1) is 11.4. The second-order valence-electron chi connectivity index (χ2n) is 3.68. The van der Waals surface area contributed by atoms with Gasteiger partial charge in [-0.05, 0) is 31.5 Å². The highest BCUT2D eigenvalue weighted by molar-refractivity contribution is 7.09. The fraction of sp³-hybridized carbons (Fsp3) is 0.250. The van der Waals surface area contributed by atoms with Gasteiger partial charge in [0.2, 0.25) is 0 Å². The number of hydrogen-bond acceptors (Lipinski definition) is 3. The minimum atomic E-state index is 0.254. The normalized spacial score (nSPS) is 12.4. The number of nitrogens with one attached hydrogen (secondary N) is 1. The Morgan fingerprint density at radius 3 is 2.94 bits per heavy atom. The van der Waals surface area contributed by atoms with Crippen molar-refractivity contribution in [3.8, 4) is 0 Å². The topological polar surface area (TPSA) is 24.9 Å². The van der Waals surface area contributed by atoms with Crippen LogP contribution in [0.5, 0.6) is 0 Å². The Labute approximate surface area is 104 Å². The zero-order valence-corrected chi connectivity index (χ0v) is 10.8. The van der Waals surface area contributed by atoms with Crippen LogP contribution < -0.4 is 5.32 Å². The molecular weight excluding hydrogens is 240 g/mol. The molecule has 0 aliphatic rings. The van der Waals surface area contributed by atoms with Gasteiger partial charge in [0.1, 0.15) is 0 Å². The smallest absolute Gasteiger partial charge is 0.0795 e. The number of hydrogen-bond donors (Lipinski definition) is 1. The van der Waals surface area contributed by atoms with Crippen LogP contribution in [0.3, 0.4) is 0 Å². The Balaban J connectivity index is 2.18. The first-order valence-electron chi connectivity index (χ1n) is 5.08. The maximum Gasteiger partial charge on any atom is 0.0795 e. The maximum absolute atomic E-state index is 6.07. The van der Waals surface area contributed by atoms with Crippen molar-refractivity contribution in [2.24, 2.45) is 0 Å². The average Bonchev–Trinajstić information content (AvgIpc) is 2.78. The number of halogens is 1. The molecule has 0 radical (unpaired) electrons. The summed E-state index contributed by atoms with van der Waals surface area (Å²) in [5.74, 6) is 0. The molecule has 0 bridgehead atoms. The molecule has 16 heavy (non-hydrogen) atoms. The first-order valence-corrected chi connectivity index (χ1v) is 6.34.